The zero-order valence-electron chi connectivity index (χ0n) is 8.04. The van der Waals surface area contributed by atoms with E-state index in [-0.39, 0.29) is 17.1 Å². The van der Waals surface area contributed by atoms with Crippen molar-refractivity contribution in [3.8, 4) is 5.75 Å². The summed E-state index contributed by atoms with van der Waals surface area (Å²) in [4.78, 5) is 11.4. The number of phenols is 1. The Morgan fingerprint density at radius 3 is 2.71 bits per heavy atom. The van der Waals surface area contributed by atoms with Gasteiger partial charge >= 0.3 is 0 Å². The highest BCUT2D eigenvalue weighted by molar-refractivity contribution is 6.32. The summed E-state index contributed by atoms with van der Waals surface area (Å²) in [6.07, 6.45) is 3.01. The van der Waals surface area contributed by atoms with Crippen LogP contribution in [0.4, 0.5) is 0 Å². The predicted octanol–water partition coefficient (Wildman–Crippen LogP) is 3.11. The van der Waals surface area contributed by atoms with E-state index in [4.69, 9.17) is 11.6 Å². The fourth-order valence-electron chi connectivity index (χ4n) is 1.10. The Bertz CT molecular complexity index is 395. The number of ketones is 1. The molecule has 0 fully saturated rings. The highest BCUT2D eigenvalue weighted by Gasteiger charge is 2.10. The zero-order chi connectivity index (χ0) is 10.7. The second-order valence-corrected chi connectivity index (χ2v) is 3.39. The number of benzene rings is 1. The van der Waals surface area contributed by atoms with Gasteiger partial charge in [-0.3, -0.25) is 4.79 Å². The molecular weight excluding hydrogens is 200 g/mol. The number of halogens is 1. The lowest BCUT2D eigenvalue weighted by Gasteiger charge is -2.03. The summed E-state index contributed by atoms with van der Waals surface area (Å²) in [5.74, 6) is -0.276. The van der Waals surface area contributed by atoms with Crippen molar-refractivity contribution in [1.82, 2.24) is 0 Å². The maximum Gasteiger partial charge on any atom is 0.189 e. The summed E-state index contributed by atoms with van der Waals surface area (Å²) in [6, 6.07) is 2.97. The van der Waals surface area contributed by atoms with Gasteiger partial charge in [-0.2, -0.15) is 0 Å². The highest BCUT2D eigenvalue weighted by atomic mass is 35.5. The molecule has 0 radical (unpaired) electrons. The van der Waals surface area contributed by atoms with Gasteiger partial charge in [0.2, 0.25) is 0 Å². The molecule has 1 rings (SSSR count). The normalized spacial score (nSPS) is 10.8. The SMILES string of the molecule is C/C=C/C(=O)c1cc(Cl)c(C)cc1O. The molecule has 0 heterocycles. The summed E-state index contributed by atoms with van der Waals surface area (Å²) < 4.78 is 0. The average Bonchev–Trinajstić information content (AvgIpc) is 2.11. The Kier molecular flexibility index (Phi) is 3.31. The van der Waals surface area contributed by atoms with Crippen LogP contribution in [0.15, 0.2) is 24.3 Å². The number of aryl methyl sites for hydroxylation is 1. The lowest BCUT2D eigenvalue weighted by atomic mass is 10.1. The second-order valence-electron chi connectivity index (χ2n) is 2.98. The van der Waals surface area contributed by atoms with Gasteiger partial charge in [-0.25, -0.2) is 0 Å². The van der Waals surface area contributed by atoms with Gasteiger partial charge in [0.25, 0.3) is 0 Å². The lowest BCUT2D eigenvalue weighted by Crippen LogP contribution is -1.95. The molecule has 0 spiro atoms. The van der Waals surface area contributed by atoms with Gasteiger partial charge in [-0.15, -0.1) is 0 Å². The Labute approximate surface area is 87.8 Å². The molecule has 1 N–H and O–H groups in total. The van der Waals surface area contributed by atoms with Crippen molar-refractivity contribution < 1.29 is 9.90 Å². The fraction of sp³-hybridized carbons (Fsp3) is 0.182. The molecule has 0 atom stereocenters. The zero-order valence-corrected chi connectivity index (χ0v) is 8.80. The topological polar surface area (TPSA) is 37.3 Å². The number of allylic oxidation sites excluding steroid dienone is 2. The minimum Gasteiger partial charge on any atom is -0.507 e. The molecule has 0 saturated heterocycles. The minimum absolute atomic E-state index is 0.0324. The molecule has 1 aromatic rings. The number of hydrogen-bond donors (Lipinski definition) is 1. The van der Waals surface area contributed by atoms with E-state index in [1.807, 2.05) is 0 Å². The summed E-state index contributed by atoms with van der Waals surface area (Å²) >= 11 is 5.84. The van der Waals surface area contributed by atoms with Gasteiger partial charge in [0.1, 0.15) is 5.75 Å². The molecule has 0 aromatic heterocycles. The fourth-order valence-corrected chi connectivity index (χ4v) is 1.27. The number of carbonyl (C=O) groups is 1. The van der Waals surface area contributed by atoms with Crippen LogP contribution in [0.25, 0.3) is 0 Å². The van der Waals surface area contributed by atoms with E-state index >= 15 is 0 Å². The average molecular weight is 211 g/mol. The van der Waals surface area contributed by atoms with E-state index in [9.17, 15) is 9.90 Å². The van der Waals surface area contributed by atoms with Crippen LogP contribution in [-0.4, -0.2) is 10.9 Å². The maximum absolute atomic E-state index is 11.4. The molecule has 0 aliphatic rings. The highest BCUT2D eigenvalue weighted by Crippen LogP contribution is 2.26. The lowest BCUT2D eigenvalue weighted by molar-refractivity contribution is 0.104. The first-order valence-corrected chi connectivity index (χ1v) is 4.60. The number of rotatable bonds is 2. The van der Waals surface area contributed by atoms with Crippen molar-refractivity contribution in [2.45, 2.75) is 13.8 Å². The number of phenolic OH excluding ortho intramolecular Hbond substituents is 1. The van der Waals surface area contributed by atoms with E-state index in [2.05, 4.69) is 0 Å². The van der Waals surface area contributed by atoms with Gasteiger partial charge < -0.3 is 5.11 Å². The third-order valence-corrected chi connectivity index (χ3v) is 2.27. The van der Waals surface area contributed by atoms with Crippen LogP contribution in [0.3, 0.4) is 0 Å². The largest absolute Gasteiger partial charge is 0.507 e. The van der Waals surface area contributed by atoms with Gasteiger partial charge in [0, 0.05) is 5.02 Å². The maximum atomic E-state index is 11.4. The molecule has 1 aromatic carbocycles. The molecule has 0 aliphatic heterocycles. The van der Waals surface area contributed by atoms with Crippen molar-refractivity contribution in [3.63, 3.8) is 0 Å². The monoisotopic (exact) mass is 210 g/mol. The number of aromatic hydroxyl groups is 1. The van der Waals surface area contributed by atoms with Crippen molar-refractivity contribution in [2.75, 3.05) is 0 Å². The molecular formula is C11H11ClO2. The Morgan fingerprint density at radius 2 is 2.14 bits per heavy atom. The molecule has 74 valence electrons. The van der Waals surface area contributed by atoms with Crippen LogP contribution in [-0.2, 0) is 0 Å². The number of carbonyl (C=O) groups excluding carboxylic acids is 1. The molecule has 2 nitrogen and oxygen atoms in total. The van der Waals surface area contributed by atoms with Crippen molar-refractivity contribution in [2.24, 2.45) is 0 Å². The van der Waals surface area contributed by atoms with Crippen LogP contribution in [0, 0.1) is 6.92 Å². The van der Waals surface area contributed by atoms with E-state index in [1.165, 1.54) is 18.2 Å². The summed E-state index contributed by atoms with van der Waals surface area (Å²) in [7, 11) is 0. The van der Waals surface area contributed by atoms with Crippen molar-refractivity contribution >= 4 is 17.4 Å². The predicted molar refractivity (Wildman–Crippen MR) is 57.0 cm³/mol. The third-order valence-electron chi connectivity index (χ3n) is 1.86. The summed E-state index contributed by atoms with van der Waals surface area (Å²) in [5, 5.41) is 9.98. The summed E-state index contributed by atoms with van der Waals surface area (Å²) in [6.45, 7) is 3.51. The van der Waals surface area contributed by atoms with Crippen LogP contribution in [0.2, 0.25) is 5.02 Å². The van der Waals surface area contributed by atoms with Crippen LogP contribution in [0.1, 0.15) is 22.8 Å². The Balaban J connectivity index is 3.22. The smallest absolute Gasteiger partial charge is 0.189 e. The van der Waals surface area contributed by atoms with Crippen LogP contribution in [0.5, 0.6) is 5.75 Å². The Hall–Kier alpha value is -1.28. The van der Waals surface area contributed by atoms with Crippen molar-refractivity contribution in [3.05, 3.63) is 40.4 Å². The Morgan fingerprint density at radius 1 is 1.50 bits per heavy atom. The second kappa shape index (κ2) is 4.29. The molecule has 0 saturated carbocycles. The van der Waals surface area contributed by atoms with E-state index in [0.29, 0.717) is 5.02 Å². The van der Waals surface area contributed by atoms with E-state index < -0.39 is 0 Å². The molecule has 0 bridgehead atoms. The first-order valence-electron chi connectivity index (χ1n) is 4.22. The van der Waals surface area contributed by atoms with Gasteiger partial charge in [0.05, 0.1) is 5.56 Å². The summed E-state index contributed by atoms with van der Waals surface area (Å²) in [5.41, 5.74) is 0.986. The molecule has 0 aliphatic carbocycles. The van der Waals surface area contributed by atoms with Gasteiger partial charge in [0.15, 0.2) is 5.78 Å². The van der Waals surface area contributed by atoms with Gasteiger partial charge in [-0.05, 0) is 37.6 Å². The van der Waals surface area contributed by atoms with Crippen LogP contribution >= 0.6 is 11.6 Å². The van der Waals surface area contributed by atoms with E-state index in [1.54, 1.807) is 19.9 Å². The molecule has 0 amide bonds. The van der Waals surface area contributed by atoms with Crippen molar-refractivity contribution in [1.29, 1.82) is 0 Å². The quantitative estimate of drug-likeness (QED) is 0.602. The van der Waals surface area contributed by atoms with E-state index in [0.717, 1.165) is 5.56 Å². The standard InChI is InChI=1S/C11H11ClO2/c1-3-4-10(13)8-6-9(12)7(2)5-11(8)14/h3-6,14H,1-2H3/b4-3+. The van der Waals surface area contributed by atoms with Crippen LogP contribution < -0.4 is 0 Å². The minimum atomic E-state index is -0.244. The molecule has 0 unspecified atom stereocenters. The first kappa shape index (κ1) is 10.8. The van der Waals surface area contributed by atoms with Gasteiger partial charge in [-0.1, -0.05) is 17.7 Å². The molecule has 3 heteroatoms. The first-order chi connectivity index (χ1) is 6.56. The third kappa shape index (κ3) is 2.15. The number of hydrogen-bond acceptors (Lipinski definition) is 2. The molecule has 14 heavy (non-hydrogen) atoms.